The Hall–Kier alpha value is -1.22. The van der Waals surface area contributed by atoms with Gasteiger partial charge in [-0.15, -0.1) is 12.4 Å². The Bertz CT molecular complexity index is 412. The molecule has 0 atom stereocenters. The van der Waals surface area contributed by atoms with Gasteiger partial charge in [0.1, 0.15) is 0 Å². The standard InChI is InChI=1S/C14H20N2O.ClH/c1-11-6-7-12(15)10-13(11)14(17)16-8-4-2-3-5-9-16;/h6-7,10H,2-5,8-9,15H2,1H3;1H. The maximum Gasteiger partial charge on any atom is 0.254 e. The lowest BCUT2D eigenvalue weighted by molar-refractivity contribution is 0.0761. The summed E-state index contributed by atoms with van der Waals surface area (Å²) in [6, 6.07) is 5.55. The molecule has 1 saturated heterocycles. The van der Waals surface area contributed by atoms with Crippen LogP contribution in [0.15, 0.2) is 18.2 Å². The van der Waals surface area contributed by atoms with Crippen molar-refractivity contribution >= 4 is 24.0 Å². The van der Waals surface area contributed by atoms with E-state index < -0.39 is 0 Å². The average molecular weight is 269 g/mol. The molecule has 2 N–H and O–H groups in total. The third-order valence-corrected chi connectivity index (χ3v) is 3.39. The molecular formula is C14H21ClN2O. The molecule has 0 spiro atoms. The summed E-state index contributed by atoms with van der Waals surface area (Å²) in [7, 11) is 0. The fraction of sp³-hybridized carbons (Fsp3) is 0.500. The van der Waals surface area contributed by atoms with Gasteiger partial charge in [0.15, 0.2) is 0 Å². The summed E-state index contributed by atoms with van der Waals surface area (Å²) in [4.78, 5) is 14.4. The van der Waals surface area contributed by atoms with Crippen molar-refractivity contribution in [1.82, 2.24) is 4.90 Å². The Morgan fingerprint density at radius 1 is 1.17 bits per heavy atom. The quantitative estimate of drug-likeness (QED) is 0.796. The Labute approximate surface area is 115 Å². The van der Waals surface area contributed by atoms with Crippen molar-refractivity contribution < 1.29 is 4.79 Å². The first-order valence-electron chi connectivity index (χ1n) is 6.34. The number of halogens is 1. The van der Waals surface area contributed by atoms with Gasteiger partial charge in [0, 0.05) is 24.3 Å². The van der Waals surface area contributed by atoms with E-state index in [0.29, 0.717) is 5.69 Å². The molecular weight excluding hydrogens is 248 g/mol. The van der Waals surface area contributed by atoms with Crippen LogP contribution in [0, 0.1) is 6.92 Å². The molecule has 100 valence electrons. The molecule has 4 heteroatoms. The van der Waals surface area contributed by atoms with Gasteiger partial charge in [-0.1, -0.05) is 18.9 Å². The number of aryl methyl sites for hydroxylation is 1. The van der Waals surface area contributed by atoms with Crippen LogP contribution in [0.2, 0.25) is 0 Å². The minimum atomic E-state index is 0. The summed E-state index contributed by atoms with van der Waals surface area (Å²) in [6.07, 6.45) is 4.71. The molecule has 0 aromatic heterocycles. The molecule has 0 bridgehead atoms. The maximum atomic E-state index is 12.4. The molecule has 0 saturated carbocycles. The second kappa shape index (κ2) is 6.64. The number of nitrogen functional groups attached to an aromatic ring is 1. The number of rotatable bonds is 1. The first-order valence-corrected chi connectivity index (χ1v) is 6.34. The zero-order valence-electron chi connectivity index (χ0n) is 10.8. The van der Waals surface area contributed by atoms with Crippen molar-refractivity contribution in [2.45, 2.75) is 32.6 Å². The molecule has 0 radical (unpaired) electrons. The molecule has 1 heterocycles. The molecule has 1 amide bonds. The fourth-order valence-corrected chi connectivity index (χ4v) is 2.31. The summed E-state index contributed by atoms with van der Waals surface area (Å²) in [6.45, 7) is 3.73. The van der Waals surface area contributed by atoms with Crippen LogP contribution in [0.1, 0.15) is 41.6 Å². The average Bonchev–Trinajstić information content (AvgIpc) is 2.60. The van der Waals surface area contributed by atoms with Crippen LogP contribution >= 0.6 is 12.4 Å². The molecule has 3 nitrogen and oxygen atoms in total. The number of hydrogen-bond acceptors (Lipinski definition) is 2. The van der Waals surface area contributed by atoms with Crippen LogP contribution in [-0.2, 0) is 0 Å². The van der Waals surface area contributed by atoms with E-state index >= 15 is 0 Å². The van der Waals surface area contributed by atoms with E-state index in [0.717, 1.165) is 37.1 Å². The Kier molecular flexibility index (Phi) is 5.48. The van der Waals surface area contributed by atoms with Crippen LogP contribution in [-0.4, -0.2) is 23.9 Å². The fourth-order valence-electron chi connectivity index (χ4n) is 2.31. The minimum absolute atomic E-state index is 0. The molecule has 2 rings (SSSR count). The van der Waals surface area contributed by atoms with E-state index in [1.54, 1.807) is 6.07 Å². The smallest absolute Gasteiger partial charge is 0.254 e. The molecule has 1 aromatic rings. The van der Waals surface area contributed by atoms with Gasteiger partial charge in [-0.05, 0) is 37.5 Å². The third kappa shape index (κ3) is 3.39. The van der Waals surface area contributed by atoms with Crippen LogP contribution in [0.3, 0.4) is 0 Å². The summed E-state index contributed by atoms with van der Waals surface area (Å²) in [5.74, 6) is 0.136. The Balaban J connectivity index is 0.00000162. The monoisotopic (exact) mass is 268 g/mol. The molecule has 0 aliphatic carbocycles. The lowest BCUT2D eigenvalue weighted by atomic mass is 10.1. The zero-order chi connectivity index (χ0) is 12.3. The van der Waals surface area contributed by atoms with Gasteiger partial charge in [0.05, 0.1) is 0 Å². The number of amides is 1. The summed E-state index contributed by atoms with van der Waals surface area (Å²) < 4.78 is 0. The van der Waals surface area contributed by atoms with Gasteiger partial charge in [0.2, 0.25) is 0 Å². The molecule has 18 heavy (non-hydrogen) atoms. The van der Waals surface area contributed by atoms with Crippen molar-refractivity contribution in [3.8, 4) is 0 Å². The van der Waals surface area contributed by atoms with Gasteiger partial charge in [-0.25, -0.2) is 0 Å². The normalized spacial score (nSPS) is 15.7. The van der Waals surface area contributed by atoms with Gasteiger partial charge >= 0.3 is 0 Å². The van der Waals surface area contributed by atoms with Crippen molar-refractivity contribution in [3.63, 3.8) is 0 Å². The highest BCUT2D eigenvalue weighted by atomic mass is 35.5. The van der Waals surface area contributed by atoms with Crippen LogP contribution in [0.25, 0.3) is 0 Å². The first kappa shape index (κ1) is 14.8. The van der Waals surface area contributed by atoms with Crippen LogP contribution in [0.4, 0.5) is 5.69 Å². The van der Waals surface area contributed by atoms with Crippen LogP contribution in [0.5, 0.6) is 0 Å². The Morgan fingerprint density at radius 3 is 2.39 bits per heavy atom. The minimum Gasteiger partial charge on any atom is -0.399 e. The van der Waals surface area contributed by atoms with Gasteiger partial charge in [-0.2, -0.15) is 0 Å². The predicted octanol–water partition coefficient (Wildman–Crippen LogP) is 3.02. The second-order valence-corrected chi connectivity index (χ2v) is 4.78. The van der Waals surface area contributed by atoms with E-state index in [9.17, 15) is 4.79 Å². The highest BCUT2D eigenvalue weighted by Gasteiger charge is 2.18. The maximum absolute atomic E-state index is 12.4. The lowest BCUT2D eigenvalue weighted by Gasteiger charge is -2.21. The van der Waals surface area contributed by atoms with E-state index in [4.69, 9.17) is 5.73 Å². The van der Waals surface area contributed by atoms with Gasteiger partial charge in [0.25, 0.3) is 5.91 Å². The highest BCUT2D eigenvalue weighted by molar-refractivity contribution is 5.96. The Morgan fingerprint density at radius 2 is 1.78 bits per heavy atom. The number of nitrogens with two attached hydrogens (primary N) is 1. The van der Waals surface area contributed by atoms with E-state index in [1.807, 2.05) is 24.0 Å². The number of anilines is 1. The highest BCUT2D eigenvalue weighted by Crippen LogP contribution is 2.18. The van der Waals surface area contributed by atoms with Crippen molar-refractivity contribution in [3.05, 3.63) is 29.3 Å². The van der Waals surface area contributed by atoms with Crippen molar-refractivity contribution in [2.24, 2.45) is 0 Å². The van der Waals surface area contributed by atoms with Crippen molar-refractivity contribution in [1.29, 1.82) is 0 Å². The van der Waals surface area contributed by atoms with E-state index in [2.05, 4.69) is 0 Å². The number of benzene rings is 1. The largest absolute Gasteiger partial charge is 0.399 e. The molecule has 1 aromatic carbocycles. The van der Waals surface area contributed by atoms with E-state index in [1.165, 1.54) is 12.8 Å². The van der Waals surface area contributed by atoms with Crippen molar-refractivity contribution in [2.75, 3.05) is 18.8 Å². The summed E-state index contributed by atoms with van der Waals surface area (Å²) in [5.41, 5.74) is 8.18. The third-order valence-electron chi connectivity index (χ3n) is 3.39. The molecule has 1 fully saturated rings. The van der Waals surface area contributed by atoms with Gasteiger partial charge < -0.3 is 10.6 Å². The zero-order valence-corrected chi connectivity index (χ0v) is 11.6. The molecule has 1 aliphatic rings. The predicted molar refractivity (Wildman–Crippen MR) is 77.2 cm³/mol. The number of likely N-dealkylation sites (tertiary alicyclic amines) is 1. The number of carbonyl (C=O) groups is 1. The number of carbonyl (C=O) groups excluding carboxylic acids is 1. The van der Waals surface area contributed by atoms with Crippen LogP contribution < -0.4 is 5.73 Å². The van der Waals surface area contributed by atoms with E-state index in [-0.39, 0.29) is 18.3 Å². The lowest BCUT2D eigenvalue weighted by Crippen LogP contribution is -2.32. The second-order valence-electron chi connectivity index (χ2n) is 4.78. The summed E-state index contributed by atoms with van der Waals surface area (Å²) in [5, 5.41) is 0. The summed E-state index contributed by atoms with van der Waals surface area (Å²) >= 11 is 0. The first-order chi connectivity index (χ1) is 8.18. The number of hydrogen-bond donors (Lipinski definition) is 1. The van der Waals surface area contributed by atoms with Gasteiger partial charge in [-0.3, -0.25) is 4.79 Å². The molecule has 0 unspecified atom stereocenters. The topological polar surface area (TPSA) is 46.3 Å². The SMILES string of the molecule is Cc1ccc(N)cc1C(=O)N1CCCCCC1.Cl. The molecule has 1 aliphatic heterocycles. The number of nitrogens with zero attached hydrogens (tertiary/aromatic N) is 1.